The van der Waals surface area contributed by atoms with Crippen LogP contribution >= 0.6 is 0 Å². The molecule has 1 amide bonds. The van der Waals surface area contributed by atoms with Crippen molar-refractivity contribution in [3.8, 4) is 5.75 Å². The van der Waals surface area contributed by atoms with Crippen LogP contribution in [0.3, 0.4) is 0 Å². The van der Waals surface area contributed by atoms with Gasteiger partial charge in [0.1, 0.15) is 17.2 Å². The summed E-state index contributed by atoms with van der Waals surface area (Å²) in [7, 11) is 0. The van der Waals surface area contributed by atoms with Crippen LogP contribution in [0.1, 0.15) is 27.7 Å². The summed E-state index contributed by atoms with van der Waals surface area (Å²) in [6, 6.07) is 3.73. The molecule has 0 saturated carbocycles. The number of hydrogen-bond donors (Lipinski definition) is 0. The molecule has 0 N–H and O–H groups in total. The number of carbonyl (C=O) groups is 2. The van der Waals surface area contributed by atoms with Gasteiger partial charge in [-0.2, -0.15) is 0 Å². The van der Waals surface area contributed by atoms with Gasteiger partial charge in [0.15, 0.2) is 0 Å². The molecule has 6 nitrogen and oxygen atoms in total. The first-order chi connectivity index (χ1) is 10.7. The number of ether oxygens (including phenoxy) is 3. The van der Waals surface area contributed by atoms with Crippen LogP contribution in [-0.2, 0) is 14.3 Å². The predicted octanol–water partition coefficient (Wildman–Crippen LogP) is 2.89. The van der Waals surface area contributed by atoms with Gasteiger partial charge >= 0.3 is 12.1 Å². The van der Waals surface area contributed by atoms with Crippen molar-refractivity contribution >= 4 is 17.7 Å². The summed E-state index contributed by atoms with van der Waals surface area (Å²) < 4.78 is 29.3. The highest BCUT2D eigenvalue weighted by atomic mass is 19.1. The minimum Gasteiger partial charge on any atom is -0.475 e. The zero-order valence-corrected chi connectivity index (χ0v) is 13.6. The number of anilines is 1. The molecule has 2 rings (SSSR count). The number of carbonyl (C=O) groups excluding carboxylic acids is 2. The maximum atomic E-state index is 13.5. The van der Waals surface area contributed by atoms with E-state index in [1.54, 1.807) is 27.7 Å². The van der Waals surface area contributed by atoms with E-state index in [1.807, 2.05) is 0 Å². The van der Waals surface area contributed by atoms with Crippen molar-refractivity contribution in [2.24, 2.45) is 0 Å². The predicted molar refractivity (Wildman–Crippen MR) is 81.0 cm³/mol. The summed E-state index contributed by atoms with van der Waals surface area (Å²) >= 11 is 0. The van der Waals surface area contributed by atoms with Crippen molar-refractivity contribution in [2.75, 3.05) is 18.1 Å². The Bertz CT molecular complexity index is 611. The van der Waals surface area contributed by atoms with Crippen LogP contribution in [-0.4, -0.2) is 36.9 Å². The standard InChI is InChI=1S/C16H20FNO5/c1-5-21-14(19)13-9-18(15(20)23-16(2,3)4)11-8-10(17)6-7-12(11)22-13/h6-8,13H,5,9H2,1-4H3. The third-order valence-corrected chi connectivity index (χ3v) is 2.99. The Hall–Kier alpha value is -2.31. The molecular formula is C16H20FNO5. The molecule has 126 valence electrons. The molecule has 0 saturated heterocycles. The Kier molecular flexibility index (Phi) is 4.77. The minimum absolute atomic E-state index is 0.107. The Morgan fingerprint density at radius 3 is 2.70 bits per heavy atom. The third-order valence-electron chi connectivity index (χ3n) is 2.99. The molecule has 1 aromatic rings. The highest BCUT2D eigenvalue weighted by Crippen LogP contribution is 2.35. The second-order valence-electron chi connectivity index (χ2n) is 6.06. The van der Waals surface area contributed by atoms with Crippen molar-refractivity contribution in [1.82, 2.24) is 0 Å². The van der Waals surface area contributed by atoms with E-state index < -0.39 is 29.6 Å². The Balaban J connectivity index is 2.33. The lowest BCUT2D eigenvalue weighted by Gasteiger charge is -2.34. The molecule has 0 spiro atoms. The number of fused-ring (bicyclic) bond motifs is 1. The molecule has 1 aromatic carbocycles. The molecule has 0 aliphatic carbocycles. The average molecular weight is 325 g/mol. The molecule has 1 aliphatic rings. The van der Waals surface area contributed by atoms with E-state index in [4.69, 9.17) is 14.2 Å². The van der Waals surface area contributed by atoms with Gasteiger partial charge in [-0.25, -0.2) is 14.0 Å². The highest BCUT2D eigenvalue weighted by molar-refractivity contribution is 5.92. The van der Waals surface area contributed by atoms with Crippen LogP contribution < -0.4 is 9.64 Å². The Morgan fingerprint density at radius 1 is 1.39 bits per heavy atom. The molecular weight excluding hydrogens is 305 g/mol. The van der Waals surface area contributed by atoms with E-state index in [0.717, 1.165) is 0 Å². The largest absolute Gasteiger partial charge is 0.475 e. The van der Waals surface area contributed by atoms with Gasteiger partial charge in [-0.05, 0) is 39.8 Å². The van der Waals surface area contributed by atoms with Crippen molar-refractivity contribution in [3.05, 3.63) is 24.0 Å². The molecule has 0 radical (unpaired) electrons. The summed E-state index contributed by atoms with van der Waals surface area (Å²) in [6.07, 6.45) is -1.66. The molecule has 1 unspecified atom stereocenters. The first-order valence-electron chi connectivity index (χ1n) is 7.34. The van der Waals surface area contributed by atoms with Crippen molar-refractivity contribution in [2.45, 2.75) is 39.4 Å². The van der Waals surface area contributed by atoms with Crippen LogP contribution in [0.5, 0.6) is 5.75 Å². The lowest BCUT2D eigenvalue weighted by Crippen LogP contribution is -2.49. The third kappa shape index (κ3) is 4.12. The highest BCUT2D eigenvalue weighted by Gasteiger charge is 2.37. The van der Waals surface area contributed by atoms with Crippen molar-refractivity contribution < 1.29 is 28.2 Å². The van der Waals surface area contributed by atoms with E-state index in [1.165, 1.54) is 23.1 Å². The number of hydrogen-bond acceptors (Lipinski definition) is 5. The summed E-state index contributed by atoms with van der Waals surface area (Å²) in [5, 5.41) is 0. The van der Waals surface area contributed by atoms with E-state index in [-0.39, 0.29) is 24.6 Å². The number of nitrogens with zero attached hydrogens (tertiary/aromatic N) is 1. The molecule has 0 aromatic heterocycles. The van der Waals surface area contributed by atoms with Crippen LogP contribution in [0.25, 0.3) is 0 Å². The van der Waals surface area contributed by atoms with Gasteiger partial charge in [0, 0.05) is 6.07 Å². The first kappa shape index (κ1) is 17.1. The van der Waals surface area contributed by atoms with Crippen LogP contribution in [0, 0.1) is 5.82 Å². The average Bonchev–Trinajstić information content (AvgIpc) is 2.44. The van der Waals surface area contributed by atoms with E-state index in [2.05, 4.69) is 0 Å². The first-order valence-corrected chi connectivity index (χ1v) is 7.34. The number of rotatable bonds is 2. The Morgan fingerprint density at radius 2 is 2.09 bits per heavy atom. The number of halogens is 1. The molecule has 1 atom stereocenters. The summed E-state index contributed by atoms with van der Waals surface area (Å²) in [5.41, 5.74) is -0.498. The number of amides is 1. The second kappa shape index (κ2) is 6.44. The smallest absolute Gasteiger partial charge is 0.415 e. The normalized spacial score (nSPS) is 17.1. The van der Waals surface area contributed by atoms with Gasteiger partial charge in [-0.3, -0.25) is 4.90 Å². The van der Waals surface area contributed by atoms with Gasteiger partial charge in [0.2, 0.25) is 6.10 Å². The van der Waals surface area contributed by atoms with Gasteiger partial charge in [0.05, 0.1) is 18.8 Å². The fraction of sp³-hybridized carbons (Fsp3) is 0.500. The summed E-state index contributed by atoms with van der Waals surface area (Å²) in [5.74, 6) is -0.881. The monoisotopic (exact) mass is 325 g/mol. The van der Waals surface area contributed by atoms with Crippen molar-refractivity contribution in [3.63, 3.8) is 0 Å². The minimum atomic E-state index is -0.986. The van der Waals surface area contributed by atoms with Gasteiger partial charge < -0.3 is 14.2 Å². The van der Waals surface area contributed by atoms with E-state index in [0.29, 0.717) is 0 Å². The zero-order chi connectivity index (χ0) is 17.2. The van der Waals surface area contributed by atoms with Crippen LogP contribution in [0.15, 0.2) is 18.2 Å². The lowest BCUT2D eigenvalue weighted by molar-refractivity contribution is -0.151. The SMILES string of the molecule is CCOC(=O)C1CN(C(=O)OC(C)(C)C)c2cc(F)ccc2O1. The maximum Gasteiger partial charge on any atom is 0.415 e. The molecule has 23 heavy (non-hydrogen) atoms. The topological polar surface area (TPSA) is 65.1 Å². The maximum absolute atomic E-state index is 13.5. The van der Waals surface area contributed by atoms with E-state index in [9.17, 15) is 14.0 Å². The van der Waals surface area contributed by atoms with Crippen LogP contribution in [0.2, 0.25) is 0 Å². The second-order valence-corrected chi connectivity index (χ2v) is 6.06. The molecule has 1 aliphatic heterocycles. The summed E-state index contributed by atoms with van der Waals surface area (Å²) in [4.78, 5) is 25.5. The molecule has 0 bridgehead atoms. The quantitative estimate of drug-likeness (QED) is 0.782. The number of esters is 1. The van der Waals surface area contributed by atoms with Gasteiger partial charge in [-0.15, -0.1) is 0 Å². The van der Waals surface area contributed by atoms with Gasteiger partial charge in [0.25, 0.3) is 0 Å². The summed E-state index contributed by atoms with van der Waals surface area (Å²) in [6.45, 7) is 6.93. The molecule has 0 fully saturated rings. The number of benzene rings is 1. The fourth-order valence-corrected chi connectivity index (χ4v) is 2.10. The van der Waals surface area contributed by atoms with Crippen molar-refractivity contribution in [1.29, 1.82) is 0 Å². The zero-order valence-electron chi connectivity index (χ0n) is 13.6. The van der Waals surface area contributed by atoms with E-state index >= 15 is 0 Å². The lowest BCUT2D eigenvalue weighted by atomic mass is 10.2. The Labute approximate surface area is 134 Å². The molecule has 1 heterocycles. The van der Waals surface area contributed by atoms with Gasteiger partial charge in [-0.1, -0.05) is 0 Å². The van der Waals surface area contributed by atoms with Crippen LogP contribution in [0.4, 0.5) is 14.9 Å². The molecule has 7 heteroatoms. The fourth-order valence-electron chi connectivity index (χ4n) is 2.10.